The zero-order valence-corrected chi connectivity index (χ0v) is 12.1. The summed E-state index contributed by atoms with van der Waals surface area (Å²) in [5.41, 5.74) is 1.17. The van der Waals surface area contributed by atoms with Gasteiger partial charge in [-0.3, -0.25) is 9.59 Å². The van der Waals surface area contributed by atoms with Crippen LogP contribution in [0.3, 0.4) is 0 Å². The number of carbonyl (C=O) groups is 1. The molecule has 0 bridgehead atoms. The SMILES string of the molecule is CCCCc1ccc2scc(NC(=O)CO)c(=O)c2c1. The van der Waals surface area contributed by atoms with E-state index >= 15 is 0 Å². The summed E-state index contributed by atoms with van der Waals surface area (Å²) < 4.78 is 0.900. The first-order valence-corrected chi connectivity index (χ1v) is 7.48. The van der Waals surface area contributed by atoms with Crippen molar-refractivity contribution in [3.8, 4) is 0 Å². The molecule has 0 saturated carbocycles. The highest BCUT2D eigenvalue weighted by Gasteiger charge is 2.08. The lowest BCUT2D eigenvalue weighted by atomic mass is 10.1. The normalized spacial score (nSPS) is 10.7. The fourth-order valence-corrected chi connectivity index (χ4v) is 2.83. The van der Waals surface area contributed by atoms with Gasteiger partial charge in [-0.2, -0.15) is 0 Å². The smallest absolute Gasteiger partial charge is 0.250 e. The van der Waals surface area contributed by atoms with E-state index in [2.05, 4.69) is 12.2 Å². The van der Waals surface area contributed by atoms with Crippen LogP contribution in [0.4, 0.5) is 5.69 Å². The molecule has 106 valence electrons. The summed E-state index contributed by atoms with van der Waals surface area (Å²) in [6, 6.07) is 5.89. The van der Waals surface area contributed by atoms with Crippen molar-refractivity contribution in [2.75, 3.05) is 11.9 Å². The van der Waals surface area contributed by atoms with Gasteiger partial charge in [0.25, 0.3) is 0 Å². The molecule has 0 fully saturated rings. The van der Waals surface area contributed by atoms with Crippen LogP contribution in [0.5, 0.6) is 0 Å². The standard InChI is InChI=1S/C15H17NO3S/c1-2-3-4-10-5-6-13-11(7-10)15(19)12(9-20-13)16-14(18)8-17/h5-7,9,17H,2-4,8H2,1H3,(H,16,18). The molecule has 1 heterocycles. The molecule has 0 saturated heterocycles. The van der Waals surface area contributed by atoms with Crippen molar-refractivity contribution >= 4 is 33.0 Å². The predicted octanol–water partition coefficient (Wildman–Crippen LogP) is 2.53. The number of aliphatic hydroxyl groups is 1. The molecule has 0 aliphatic carbocycles. The molecular weight excluding hydrogens is 274 g/mol. The van der Waals surface area contributed by atoms with Crippen LogP contribution in [-0.4, -0.2) is 17.6 Å². The topological polar surface area (TPSA) is 66.4 Å². The van der Waals surface area contributed by atoms with Crippen LogP contribution in [0.25, 0.3) is 10.1 Å². The van der Waals surface area contributed by atoms with E-state index in [4.69, 9.17) is 5.11 Å². The van der Waals surface area contributed by atoms with Crippen LogP contribution in [0, 0.1) is 0 Å². The Labute approximate surface area is 121 Å². The Morgan fingerprint density at radius 2 is 2.20 bits per heavy atom. The fraction of sp³-hybridized carbons (Fsp3) is 0.333. The molecule has 1 aromatic carbocycles. The van der Waals surface area contributed by atoms with Gasteiger partial charge in [-0.05, 0) is 30.5 Å². The Hall–Kier alpha value is -1.72. The number of hydrogen-bond donors (Lipinski definition) is 2. The van der Waals surface area contributed by atoms with Gasteiger partial charge in [0.1, 0.15) is 6.61 Å². The minimum atomic E-state index is -0.626. The average molecular weight is 291 g/mol. The van der Waals surface area contributed by atoms with Crippen LogP contribution in [0.15, 0.2) is 28.4 Å². The van der Waals surface area contributed by atoms with Crippen molar-refractivity contribution in [3.05, 3.63) is 39.4 Å². The molecule has 0 atom stereocenters. The van der Waals surface area contributed by atoms with Gasteiger partial charge in [0.15, 0.2) is 0 Å². The molecule has 2 rings (SSSR count). The van der Waals surface area contributed by atoms with Crippen molar-refractivity contribution in [3.63, 3.8) is 0 Å². The van der Waals surface area contributed by atoms with Gasteiger partial charge in [-0.25, -0.2) is 0 Å². The second-order valence-corrected chi connectivity index (χ2v) is 5.53. The maximum Gasteiger partial charge on any atom is 0.250 e. The first kappa shape index (κ1) is 14.7. The maximum atomic E-state index is 12.3. The van der Waals surface area contributed by atoms with E-state index in [0.717, 1.165) is 29.5 Å². The van der Waals surface area contributed by atoms with E-state index in [0.29, 0.717) is 5.39 Å². The van der Waals surface area contributed by atoms with E-state index in [9.17, 15) is 9.59 Å². The van der Waals surface area contributed by atoms with E-state index in [1.807, 2.05) is 18.2 Å². The molecule has 2 N–H and O–H groups in total. The minimum Gasteiger partial charge on any atom is -0.387 e. The third-order valence-electron chi connectivity index (χ3n) is 3.07. The van der Waals surface area contributed by atoms with E-state index in [-0.39, 0.29) is 11.1 Å². The quantitative estimate of drug-likeness (QED) is 0.889. The molecular formula is C15H17NO3S. The second-order valence-electron chi connectivity index (χ2n) is 4.62. The summed E-state index contributed by atoms with van der Waals surface area (Å²) >= 11 is 1.41. The van der Waals surface area contributed by atoms with Gasteiger partial charge in [-0.15, -0.1) is 11.3 Å². The second kappa shape index (κ2) is 6.63. The number of unbranched alkanes of at least 4 members (excludes halogenated alkanes) is 1. The fourth-order valence-electron chi connectivity index (χ4n) is 1.99. The maximum absolute atomic E-state index is 12.3. The lowest BCUT2D eigenvalue weighted by Gasteiger charge is -2.05. The molecule has 5 heteroatoms. The van der Waals surface area contributed by atoms with Gasteiger partial charge in [0.2, 0.25) is 11.3 Å². The summed E-state index contributed by atoms with van der Waals surface area (Å²) in [5, 5.41) is 13.4. The Morgan fingerprint density at radius 1 is 1.40 bits per heavy atom. The summed E-state index contributed by atoms with van der Waals surface area (Å²) in [4.78, 5) is 23.5. The zero-order valence-electron chi connectivity index (χ0n) is 11.3. The number of aliphatic hydroxyl groups excluding tert-OH is 1. The molecule has 2 aromatic rings. The van der Waals surface area contributed by atoms with E-state index in [1.165, 1.54) is 11.3 Å². The molecule has 0 aliphatic heterocycles. The lowest BCUT2D eigenvalue weighted by Crippen LogP contribution is -2.20. The molecule has 0 radical (unpaired) electrons. The molecule has 20 heavy (non-hydrogen) atoms. The summed E-state index contributed by atoms with van der Waals surface area (Å²) in [5.74, 6) is -0.573. The number of fused-ring (bicyclic) bond motifs is 1. The van der Waals surface area contributed by atoms with E-state index < -0.39 is 12.5 Å². The molecule has 1 amide bonds. The van der Waals surface area contributed by atoms with Crippen molar-refractivity contribution in [2.24, 2.45) is 0 Å². The third kappa shape index (κ3) is 3.23. The Kier molecular flexibility index (Phi) is 4.87. The highest BCUT2D eigenvalue weighted by Crippen LogP contribution is 2.21. The van der Waals surface area contributed by atoms with Gasteiger partial charge < -0.3 is 10.4 Å². The number of rotatable bonds is 5. The summed E-state index contributed by atoms with van der Waals surface area (Å²) in [6.07, 6.45) is 3.14. The number of carbonyl (C=O) groups excluding carboxylic acids is 1. The Bertz CT molecular complexity index is 678. The van der Waals surface area contributed by atoms with Crippen LogP contribution in [0.1, 0.15) is 25.3 Å². The van der Waals surface area contributed by atoms with Crippen molar-refractivity contribution in [1.29, 1.82) is 0 Å². The molecule has 0 unspecified atom stereocenters. The van der Waals surface area contributed by atoms with Crippen molar-refractivity contribution in [2.45, 2.75) is 26.2 Å². The van der Waals surface area contributed by atoms with Gasteiger partial charge in [0.05, 0.1) is 5.69 Å². The highest BCUT2D eigenvalue weighted by atomic mass is 32.1. The summed E-state index contributed by atoms with van der Waals surface area (Å²) in [6.45, 7) is 1.50. The minimum absolute atomic E-state index is 0.195. The van der Waals surface area contributed by atoms with Gasteiger partial charge in [0, 0.05) is 15.5 Å². The number of anilines is 1. The first-order valence-electron chi connectivity index (χ1n) is 6.61. The van der Waals surface area contributed by atoms with Crippen molar-refractivity contribution in [1.82, 2.24) is 0 Å². The Balaban J connectivity index is 2.41. The first-order chi connectivity index (χ1) is 9.65. The average Bonchev–Trinajstić information content (AvgIpc) is 2.48. The largest absolute Gasteiger partial charge is 0.387 e. The van der Waals surface area contributed by atoms with E-state index in [1.54, 1.807) is 5.38 Å². The predicted molar refractivity (Wildman–Crippen MR) is 82.4 cm³/mol. The highest BCUT2D eigenvalue weighted by molar-refractivity contribution is 7.16. The van der Waals surface area contributed by atoms with Gasteiger partial charge >= 0.3 is 0 Å². The molecule has 1 aromatic heterocycles. The monoisotopic (exact) mass is 291 g/mol. The number of benzene rings is 1. The van der Waals surface area contributed by atoms with Crippen molar-refractivity contribution < 1.29 is 9.90 Å². The Morgan fingerprint density at radius 3 is 2.90 bits per heavy atom. The lowest BCUT2D eigenvalue weighted by molar-refractivity contribution is -0.118. The van der Waals surface area contributed by atoms with Crippen LogP contribution >= 0.6 is 11.3 Å². The number of hydrogen-bond acceptors (Lipinski definition) is 4. The molecule has 0 spiro atoms. The van der Waals surface area contributed by atoms with Crippen LogP contribution < -0.4 is 10.7 Å². The number of aryl methyl sites for hydroxylation is 1. The van der Waals surface area contributed by atoms with Crippen LogP contribution in [0.2, 0.25) is 0 Å². The number of amides is 1. The molecule has 0 aliphatic rings. The molecule has 4 nitrogen and oxygen atoms in total. The number of nitrogens with one attached hydrogen (secondary N) is 1. The third-order valence-corrected chi connectivity index (χ3v) is 4.04. The van der Waals surface area contributed by atoms with Crippen LogP contribution in [-0.2, 0) is 11.2 Å². The zero-order chi connectivity index (χ0) is 14.5. The van der Waals surface area contributed by atoms with Gasteiger partial charge in [-0.1, -0.05) is 19.4 Å². The summed E-state index contributed by atoms with van der Waals surface area (Å²) in [7, 11) is 0.